The van der Waals surface area contributed by atoms with Crippen molar-refractivity contribution in [2.45, 2.75) is 68.7 Å². The molecule has 1 spiro atoms. The number of carbonyl (C=O) groups excluding carboxylic acids is 2. The summed E-state index contributed by atoms with van der Waals surface area (Å²) in [5.74, 6) is 1.86. The molecule has 198 valence electrons. The smallest absolute Gasteiger partial charge is 0.302 e. The largest absolute Gasteiger partial charge is 0.487 e. The fourth-order valence-electron chi connectivity index (χ4n) is 8.28. The van der Waals surface area contributed by atoms with Crippen LogP contribution in [0.5, 0.6) is 5.75 Å². The van der Waals surface area contributed by atoms with Crippen molar-refractivity contribution in [1.29, 1.82) is 0 Å². The normalized spacial score (nSPS) is 34.4. The minimum Gasteiger partial charge on any atom is -0.487 e. The molecule has 0 radical (unpaired) electrons. The van der Waals surface area contributed by atoms with Crippen molar-refractivity contribution in [2.24, 2.45) is 11.8 Å². The molecule has 0 aromatic heterocycles. The summed E-state index contributed by atoms with van der Waals surface area (Å²) < 4.78 is 12.3. The number of likely N-dealkylation sites (tertiary alicyclic amines) is 1. The lowest BCUT2D eigenvalue weighted by Gasteiger charge is -2.60. The Hall–Kier alpha value is -3.12. The van der Waals surface area contributed by atoms with Gasteiger partial charge >= 0.3 is 5.97 Å². The maximum atomic E-state index is 13.3. The van der Waals surface area contributed by atoms with Crippen LogP contribution >= 0.6 is 0 Å². The van der Waals surface area contributed by atoms with E-state index in [0.717, 1.165) is 56.5 Å². The van der Waals surface area contributed by atoms with Crippen LogP contribution in [0.3, 0.4) is 0 Å². The van der Waals surface area contributed by atoms with Crippen molar-refractivity contribution in [3.63, 3.8) is 0 Å². The second kappa shape index (κ2) is 8.98. The lowest BCUT2D eigenvalue weighted by atomic mass is 9.51. The average molecular weight is 513 g/mol. The molecule has 38 heavy (non-hydrogen) atoms. The van der Waals surface area contributed by atoms with E-state index in [4.69, 9.17) is 9.47 Å². The van der Waals surface area contributed by atoms with E-state index in [1.807, 2.05) is 48.4 Å². The Morgan fingerprint density at radius 3 is 2.82 bits per heavy atom. The fourth-order valence-corrected chi connectivity index (χ4v) is 8.28. The van der Waals surface area contributed by atoms with Gasteiger partial charge in [0, 0.05) is 49.5 Å². The molecule has 7 rings (SSSR count). The van der Waals surface area contributed by atoms with E-state index in [1.165, 1.54) is 18.1 Å². The van der Waals surface area contributed by atoms with Crippen molar-refractivity contribution in [3.05, 3.63) is 71.3 Å². The summed E-state index contributed by atoms with van der Waals surface area (Å²) in [6.45, 7) is 3.53. The van der Waals surface area contributed by atoms with E-state index >= 15 is 0 Å². The number of nitrogens with zero attached hydrogens (tertiary/aromatic N) is 2. The summed E-state index contributed by atoms with van der Waals surface area (Å²) in [6, 6.07) is 17.1. The summed E-state index contributed by atoms with van der Waals surface area (Å²) in [4.78, 5) is 29.4. The van der Waals surface area contributed by atoms with Crippen LogP contribution in [0.25, 0.3) is 6.08 Å². The number of benzene rings is 2. The second-order valence-electron chi connectivity index (χ2n) is 12.0. The standard InChI is InChI=1S/C32H36N2O4/c1-20(35)37-28-18-23(28)19-34-16-15-32-24-12-13-25(33(2)29(36)14-11-21-7-4-3-5-8-21)31(32)38-27-10-6-9-22(30(27)32)17-26(24)34/h3-11,14,23-26,28,31H,12-13,15-19H2,1-2H3/t23?,24-,25+,26+,28?,31-,32-/m0/s1. The molecule has 2 aliphatic heterocycles. The van der Waals surface area contributed by atoms with Crippen LogP contribution in [-0.4, -0.2) is 66.1 Å². The summed E-state index contributed by atoms with van der Waals surface area (Å²) in [7, 11) is 1.95. The average Bonchev–Trinajstić information content (AvgIpc) is 3.54. The van der Waals surface area contributed by atoms with E-state index < -0.39 is 0 Å². The molecule has 6 heteroatoms. The number of likely N-dealkylation sites (N-methyl/N-ethyl adjacent to an activating group) is 1. The number of ether oxygens (including phenoxy) is 2. The van der Waals surface area contributed by atoms with Gasteiger partial charge in [0.2, 0.25) is 5.91 Å². The summed E-state index contributed by atoms with van der Waals surface area (Å²) in [6.07, 6.45) is 8.81. The van der Waals surface area contributed by atoms with Crippen molar-refractivity contribution in [1.82, 2.24) is 9.80 Å². The first-order chi connectivity index (χ1) is 18.5. The lowest BCUT2D eigenvalue weighted by Crippen LogP contribution is -2.69. The molecule has 2 unspecified atom stereocenters. The highest BCUT2D eigenvalue weighted by Gasteiger charge is 2.66. The first kappa shape index (κ1) is 24.0. The van der Waals surface area contributed by atoms with Gasteiger partial charge in [0.25, 0.3) is 0 Å². The minimum atomic E-state index is -0.171. The molecule has 6 nitrogen and oxygen atoms in total. The Labute approximate surface area is 224 Å². The lowest BCUT2D eigenvalue weighted by molar-refractivity contribution is -0.142. The SMILES string of the molecule is CC(=O)OC1CC1CN1CC[C@]23c4c5cccc4O[C@H]2[C@H](N(C)C(=O)C=Cc2ccccc2)CC[C@H]3[C@H]1C5. The van der Waals surface area contributed by atoms with Gasteiger partial charge in [-0.25, -0.2) is 0 Å². The van der Waals surface area contributed by atoms with Crippen LogP contribution in [-0.2, 0) is 26.2 Å². The molecule has 1 amide bonds. The van der Waals surface area contributed by atoms with E-state index in [1.54, 1.807) is 6.08 Å². The third kappa shape index (κ3) is 3.71. The molecule has 2 bridgehead atoms. The highest BCUT2D eigenvalue weighted by atomic mass is 16.5. The third-order valence-corrected chi connectivity index (χ3v) is 10.0. The number of carbonyl (C=O) groups is 2. The molecular formula is C32H36N2O4. The number of piperidine rings is 1. The highest BCUT2D eigenvalue weighted by molar-refractivity contribution is 5.92. The van der Waals surface area contributed by atoms with Crippen molar-refractivity contribution in [2.75, 3.05) is 20.1 Å². The number of hydrogen-bond acceptors (Lipinski definition) is 5. The molecule has 7 atom stereocenters. The number of esters is 1. The van der Waals surface area contributed by atoms with Crippen LogP contribution in [0.15, 0.2) is 54.6 Å². The molecule has 2 heterocycles. The monoisotopic (exact) mass is 512 g/mol. The van der Waals surface area contributed by atoms with Crippen molar-refractivity contribution < 1.29 is 19.1 Å². The molecule has 0 N–H and O–H groups in total. The maximum Gasteiger partial charge on any atom is 0.302 e. The van der Waals surface area contributed by atoms with Crippen LogP contribution in [0.4, 0.5) is 0 Å². The summed E-state index contributed by atoms with van der Waals surface area (Å²) >= 11 is 0. The number of hydrogen-bond donors (Lipinski definition) is 0. The molecule has 1 saturated heterocycles. The molecule has 2 saturated carbocycles. The van der Waals surface area contributed by atoms with Gasteiger partial charge in [-0.05, 0) is 67.8 Å². The number of amides is 1. The van der Waals surface area contributed by atoms with E-state index in [2.05, 4.69) is 23.1 Å². The quantitative estimate of drug-likeness (QED) is 0.429. The first-order valence-electron chi connectivity index (χ1n) is 14.2. The van der Waals surface area contributed by atoms with Gasteiger partial charge < -0.3 is 14.4 Å². The third-order valence-electron chi connectivity index (χ3n) is 10.0. The van der Waals surface area contributed by atoms with Gasteiger partial charge in [-0.1, -0.05) is 42.5 Å². The van der Waals surface area contributed by atoms with E-state index in [9.17, 15) is 9.59 Å². The zero-order valence-corrected chi connectivity index (χ0v) is 22.2. The van der Waals surface area contributed by atoms with Gasteiger partial charge in [0.1, 0.15) is 18.0 Å². The molecule has 3 fully saturated rings. The zero-order valence-electron chi connectivity index (χ0n) is 22.2. The Morgan fingerprint density at radius 2 is 2.00 bits per heavy atom. The van der Waals surface area contributed by atoms with Gasteiger partial charge in [-0.3, -0.25) is 14.5 Å². The molecular weight excluding hydrogens is 476 g/mol. The van der Waals surface area contributed by atoms with Gasteiger partial charge in [0.15, 0.2) is 0 Å². The molecule has 2 aromatic carbocycles. The minimum absolute atomic E-state index is 0.0175. The Bertz CT molecular complexity index is 1290. The maximum absolute atomic E-state index is 13.3. The summed E-state index contributed by atoms with van der Waals surface area (Å²) in [5, 5.41) is 0. The molecule has 2 aromatic rings. The highest BCUT2D eigenvalue weighted by Crippen LogP contribution is 2.62. The Balaban J connectivity index is 1.15. The van der Waals surface area contributed by atoms with E-state index in [0.29, 0.717) is 17.9 Å². The van der Waals surface area contributed by atoms with Crippen molar-refractivity contribution in [3.8, 4) is 5.75 Å². The Kier molecular flexibility index (Phi) is 5.66. The second-order valence-corrected chi connectivity index (χ2v) is 12.0. The van der Waals surface area contributed by atoms with Crippen molar-refractivity contribution >= 4 is 18.0 Å². The van der Waals surface area contributed by atoms with Gasteiger partial charge in [-0.2, -0.15) is 0 Å². The van der Waals surface area contributed by atoms with Crippen LogP contribution in [0.1, 0.15) is 49.3 Å². The van der Waals surface area contributed by atoms with Crippen LogP contribution < -0.4 is 4.74 Å². The van der Waals surface area contributed by atoms with Gasteiger partial charge in [-0.15, -0.1) is 0 Å². The Morgan fingerprint density at radius 1 is 1.16 bits per heavy atom. The topological polar surface area (TPSA) is 59.1 Å². The zero-order chi connectivity index (χ0) is 26.0. The van der Waals surface area contributed by atoms with E-state index in [-0.39, 0.29) is 35.5 Å². The predicted octanol–water partition coefficient (Wildman–Crippen LogP) is 4.22. The number of rotatable bonds is 6. The molecule has 3 aliphatic carbocycles. The molecule has 5 aliphatic rings. The van der Waals surface area contributed by atoms with Crippen LogP contribution in [0.2, 0.25) is 0 Å². The van der Waals surface area contributed by atoms with Gasteiger partial charge in [0.05, 0.1) is 6.04 Å². The fraction of sp³-hybridized carbons (Fsp3) is 0.500. The first-order valence-corrected chi connectivity index (χ1v) is 14.2. The summed E-state index contributed by atoms with van der Waals surface area (Å²) in [5.41, 5.74) is 3.84. The van der Waals surface area contributed by atoms with Crippen LogP contribution in [0, 0.1) is 11.8 Å². The predicted molar refractivity (Wildman–Crippen MR) is 145 cm³/mol.